The summed E-state index contributed by atoms with van der Waals surface area (Å²) >= 11 is 0. The number of carbonyl (C=O) groups is 1. The average molecular weight is 284 g/mol. The molecule has 0 atom stereocenters. The number of carbonyl (C=O) groups excluding carboxylic acids is 1. The fraction of sp³-hybridized carbons (Fsp3) is 0.267. The quantitative estimate of drug-likeness (QED) is 0.883. The fourth-order valence-electron chi connectivity index (χ4n) is 1.65. The molecule has 2 amide bonds. The van der Waals surface area contributed by atoms with Gasteiger partial charge < -0.3 is 9.84 Å². The van der Waals surface area contributed by atoms with Crippen LogP contribution in [0.1, 0.15) is 32.1 Å². The zero-order valence-corrected chi connectivity index (χ0v) is 12.1. The molecule has 0 aliphatic heterocycles. The third-order valence-corrected chi connectivity index (χ3v) is 2.79. The molecule has 0 saturated carbocycles. The van der Waals surface area contributed by atoms with E-state index in [9.17, 15) is 4.79 Å². The molecule has 1 aromatic carbocycles. The predicted octanol–water partition coefficient (Wildman–Crippen LogP) is 3.49. The van der Waals surface area contributed by atoms with Crippen molar-refractivity contribution in [2.24, 2.45) is 0 Å². The lowest BCUT2D eigenvalue weighted by molar-refractivity contribution is 0.262. The number of nitrogens with one attached hydrogen (secondary N) is 2. The van der Waals surface area contributed by atoms with Crippen LogP contribution in [-0.2, 0) is 5.41 Å². The second kappa shape index (κ2) is 5.67. The van der Waals surface area contributed by atoms with Crippen LogP contribution in [0, 0.1) is 11.3 Å². The van der Waals surface area contributed by atoms with E-state index >= 15 is 0 Å². The first-order chi connectivity index (χ1) is 9.90. The summed E-state index contributed by atoms with van der Waals surface area (Å²) in [5.41, 5.74) is 0.650. The third kappa shape index (κ3) is 3.60. The van der Waals surface area contributed by atoms with Gasteiger partial charge in [-0.3, -0.25) is 5.32 Å². The van der Waals surface area contributed by atoms with E-state index in [1.807, 2.05) is 26.8 Å². The summed E-state index contributed by atoms with van der Waals surface area (Å²) in [7, 11) is 0. The number of urea groups is 1. The van der Waals surface area contributed by atoms with Gasteiger partial charge in [0.2, 0.25) is 0 Å². The fourth-order valence-corrected chi connectivity index (χ4v) is 1.65. The highest BCUT2D eigenvalue weighted by Crippen LogP contribution is 2.24. The minimum atomic E-state index is -0.480. The van der Waals surface area contributed by atoms with E-state index in [-0.39, 0.29) is 5.41 Å². The van der Waals surface area contributed by atoms with Crippen LogP contribution in [0.3, 0.4) is 0 Å². The SMILES string of the molecule is CC(C)(C)c1cc(NC(=O)Nc2ccccc2C#N)no1. The van der Waals surface area contributed by atoms with Crippen molar-refractivity contribution in [2.75, 3.05) is 10.6 Å². The van der Waals surface area contributed by atoms with Gasteiger partial charge in [0.25, 0.3) is 0 Å². The lowest BCUT2D eigenvalue weighted by atomic mass is 9.93. The largest absolute Gasteiger partial charge is 0.359 e. The van der Waals surface area contributed by atoms with Gasteiger partial charge in [0, 0.05) is 11.5 Å². The van der Waals surface area contributed by atoms with E-state index in [4.69, 9.17) is 9.78 Å². The van der Waals surface area contributed by atoms with Gasteiger partial charge in [-0.15, -0.1) is 0 Å². The molecule has 0 radical (unpaired) electrons. The first-order valence-electron chi connectivity index (χ1n) is 6.44. The topological polar surface area (TPSA) is 91.0 Å². The van der Waals surface area contributed by atoms with Crippen molar-refractivity contribution in [3.05, 3.63) is 41.7 Å². The molecule has 1 heterocycles. The van der Waals surface area contributed by atoms with Crippen molar-refractivity contribution < 1.29 is 9.32 Å². The Morgan fingerprint density at radius 2 is 2.00 bits per heavy atom. The van der Waals surface area contributed by atoms with Gasteiger partial charge in [0.15, 0.2) is 5.82 Å². The van der Waals surface area contributed by atoms with Crippen LogP contribution in [0.25, 0.3) is 0 Å². The smallest absolute Gasteiger partial charge is 0.324 e. The van der Waals surface area contributed by atoms with Gasteiger partial charge in [-0.05, 0) is 12.1 Å². The second-order valence-electron chi connectivity index (χ2n) is 5.56. The van der Waals surface area contributed by atoms with Crippen LogP contribution in [0.15, 0.2) is 34.9 Å². The van der Waals surface area contributed by atoms with Crippen LogP contribution in [0.4, 0.5) is 16.3 Å². The van der Waals surface area contributed by atoms with Gasteiger partial charge in [-0.2, -0.15) is 5.26 Å². The van der Waals surface area contributed by atoms with Crippen LogP contribution < -0.4 is 10.6 Å². The molecule has 0 spiro atoms. The Bertz CT molecular complexity index is 692. The Kier molecular flexibility index (Phi) is 3.94. The molecule has 0 fully saturated rings. The number of nitrogens with zero attached hydrogens (tertiary/aromatic N) is 2. The highest BCUT2D eigenvalue weighted by molar-refractivity contribution is 5.99. The van der Waals surface area contributed by atoms with Crippen LogP contribution in [-0.4, -0.2) is 11.2 Å². The monoisotopic (exact) mass is 284 g/mol. The number of hydrogen-bond donors (Lipinski definition) is 2. The van der Waals surface area contributed by atoms with Gasteiger partial charge in [0.1, 0.15) is 11.8 Å². The molecule has 2 rings (SSSR count). The molecule has 21 heavy (non-hydrogen) atoms. The maximum atomic E-state index is 11.9. The number of benzene rings is 1. The van der Waals surface area contributed by atoms with E-state index in [2.05, 4.69) is 15.8 Å². The molecule has 6 nitrogen and oxygen atoms in total. The van der Waals surface area contributed by atoms with Crippen LogP contribution in [0.2, 0.25) is 0 Å². The molecule has 0 bridgehead atoms. The van der Waals surface area contributed by atoms with E-state index in [1.54, 1.807) is 30.3 Å². The average Bonchev–Trinajstić information content (AvgIpc) is 2.87. The number of nitriles is 1. The lowest BCUT2D eigenvalue weighted by Crippen LogP contribution is -2.20. The molecule has 0 unspecified atom stereocenters. The molecule has 2 N–H and O–H groups in total. The van der Waals surface area contributed by atoms with Gasteiger partial charge in [0.05, 0.1) is 11.3 Å². The number of amides is 2. The minimum Gasteiger partial charge on any atom is -0.359 e. The number of rotatable bonds is 2. The summed E-state index contributed by atoms with van der Waals surface area (Å²) < 4.78 is 5.18. The summed E-state index contributed by atoms with van der Waals surface area (Å²) in [6.07, 6.45) is 0. The van der Waals surface area contributed by atoms with Crippen molar-refractivity contribution >= 4 is 17.5 Å². The number of hydrogen-bond acceptors (Lipinski definition) is 4. The van der Waals surface area contributed by atoms with E-state index < -0.39 is 6.03 Å². The Labute approximate surface area is 122 Å². The number of aromatic nitrogens is 1. The predicted molar refractivity (Wildman–Crippen MR) is 79.0 cm³/mol. The highest BCUT2D eigenvalue weighted by Gasteiger charge is 2.20. The number of anilines is 2. The first-order valence-corrected chi connectivity index (χ1v) is 6.44. The molecule has 0 aliphatic carbocycles. The summed E-state index contributed by atoms with van der Waals surface area (Å²) in [6, 6.07) is 9.96. The molecule has 108 valence electrons. The molecule has 1 aromatic heterocycles. The second-order valence-corrected chi connectivity index (χ2v) is 5.56. The van der Waals surface area contributed by atoms with Crippen molar-refractivity contribution in [2.45, 2.75) is 26.2 Å². The van der Waals surface area contributed by atoms with Crippen molar-refractivity contribution in [3.63, 3.8) is 0 Å². The van der Waals surface area contributed by atoms with Gasteiger partial charge >= 0.3 is 6.03 Å². The molecule has 6 heteroatoms. The summed E-state index contributed by atoms with van der Waals surface area (Å²) in [6.45, 7) is 5.96. The van der Waals surface area contributed by atoms with Gasteiger partial charge in [-0.1, -0.05) is 38.1 Å². The zero-order valence-electron chi connectivity index (χ0n) is 12.1. The van der Waals surface area contributed by atoms with E-state index in [1.165, 1.54) is 0 Å². The number of para-hydroxylation sites is 1. The highest BCUT2D eigenvalue weighted by atomic mass is 16.5. The Morgan fingerprint density at radius 3 is 2.62 bits per heavy atom. The summed E-state index contributed by atoms with van der Waals surface area (Å²) in [4.78, 5) is 11.9. The van der Waals surface area contributed by atoms with Crippen molar-refractivity contribution in [1.29, 1.82) is 5.26 Å². The summed E-state index contributed by atoms with van der Waals surface area (Å²) in [5.74, 6) is 1.00. The standard InChI is InChI=1S/C15H16N4O2/c1-15(2,3)12-8-13(19-21-12)18-14(20)17-11-7-5-4-6-10(11)9-16/h4-8H,1-3H3,(H2,17,18,19,20). The Morgan fingerprint density at radius 1 is 1.29 bits per heavy atom. The van der Waals surface area contributed by atoms with Crippen LogP contribution >= 0.6 is 0 Å². The van der Waals surface area contributed by atoms with Crippen LogP contribution in [0.5, 0.6) is 0 Å². The molecule has 2 aromatic rings. The van der Waals surface area contributed by atoms with Crippen molar-refractivity contribution in [3.8, 4) is 6.07 Å². The Hall–Kier alpha value is -2.81. The third-order valence-electron chi connectivity index (χ3n) is 2.79. The lowest BCUT2D eigenvalue weighted by Gasteiger charge is -2.12. The molecular formula is C15H16N4O2. The molecule has 0 aliphatic rings. The minimum absolute atomic E-state index is 0.184. The maximum absolute atomic E-state index is 11.9. The summed E-state index contributed by atoms with van der Waals surface area (Å²) in [5, 5.41) is 17.9. The Balaban J connectivity index is 2.06. The molecule has 0 saturated heterocycles. The van der Waals surface area contributed by atoms with E-state index in [0.717, 1.165) is 0 Å². The van der Waals surface area contributed by atoms with Gasteiger partial charge in [-0.25, -0.2) is 4.79 Å². The molecular weight excluding hydrogens is 268 g/mol. The van der Waals surface area contributed by atoms with Crippen molar-refractivity contribution in [1.82, 2.24) is 5.16 Å². The maximum Gasteiger partial charge on any atom is 0.324 e. The first kappa shape index (κ1) is 14.6. The zero-order chi connectivity index (χ0) is 15.5. The normalized spacial score (nSPS) is 10.8. The van der Waals surface area contributed by atoms with E-state index in [0.29, 0.717) is 22.8 Å².